The summed E-state index contributed by atoms with van der Waals surface area (Å²) in [7, 11) is 0. The van der Waals surface area contributed by atoms with Crippen LogP contribution in [0.1, 0.15) is 13.3 Å². The van der Waals surface area contributed by atoms with Crippen molar-refractivity contribution in [3.63, 3.8) is 0 Å². The van der Waals surface area contributed by atoms with Crippen LogP contribution in [-0.4, -0.2) is 43.6 Å². The second-order valence-electron chi connectivity index (χ2n) is 3.53. The third kappa shape index (κ3) is 3.74. The van der Waals surface area contributed by atoms with Gasteiger partial charge in [-0.1, -0.05) is 6.92 Å². The van der Waals surface area contributed by atoms with Crippen LogP contribution in [0.5, 0.6) is 0 Å². The smallest absolute Gasteiger partial charge is 0.0593 e. The Labute approximate surface area is 79.8 Å². The van der Waals surface area contributed by atoms with Crippen molar-refractivity contribution in [3.05, 3.63) is 0 Å². The molecule has 72 valence electrons. The van der Waals surface area contributed by atoms with Crippen LogP contribution in [0.3, 0.4) is 0 Å². The van der Waals surface area contributed by atoms with Crippen molar-refractivity contribution in [1.29, 1.82) is 0 Å². The van der Waals surface area contributed by atoms with E-state index in [1.165, 1.54) is 6.54 Å². The van der Waals surface area contributed by atoms with E-state index in [1.807, 2.05) is 0 Å². The van der Waals surface area contributed by atoms with Crippen LogP contribution in [-0.2, 0) is 4.74 Å². The van der Waals surface area contributed by atoms with Gasteiger partial charge in [-0.05, 0) is 12.3 Å². The van der Waals surface area contributed by atoms with Crippen molar-refractivity contribution >= 4 is 11.6 Å². The normalized spacial score (nSPS) is 23.5. The lowest BCUT2D eigenvalue weighted by Crippen LogP contribution is -2.31. The van der Waals surface area contributed by atoms with Crippen LogP contribution in [0.4, 0.5) is 0 Å². The van der Waals surface area contributed by atoms with E-state index in [-0.39, 0.29) is 0 Å². The van der Waals surface area contributed by atoms with Gasteiger partial charge >= 0.3 is 0 Å². The van der Waals surface area contributed by atoms with Gasteiger partial charge < -0.3 is 9.64 Å². The summed E-state index contributed by atoms with van der Waals surface area (Å²) in [4.78, 5) is 2.44. The van der Waals surface area contributed by atoms with Crippen molar-refractivity contribution in [2.75, 3.05) is 38.7 Å². The molecule has 1 rings (SSSR count). The van der Waals surface area contributed by atoms with E-state index < -0.39 is 0 Å². The van der Waals surface area contributed by atoms with Crippen LogP contribution < -0.4 is 0 Å². The number of hydrogen-bond donors (Lipinski definition) is 0. The summed E-state index contributed by atoms with van der Waals surface area (Å²) >= 11 is 5.75. The quantitative estimate of drug-likeness (QED) is 0.629. The molecule has 1 fully saturated rings. The highest BCUT2D eigenvalue weighted by atomic mass is 35.5. The predicted octanol–water partition coefficient (Wildman–Crippen LogP) is 1.58. The molecule has 2 nitrogen and oxygen atoms in total. The highest BCUT2D eigenvalue weighted by molar-refractivity contribution is 6.18. The number of hydrogen-bond acceptors (Lipinski definition) is 2. The summed E-state index contributed by atoms with van der Waals surface area (Å²) in [5, 5.41) is 0. The maximum atomic E-state index is 5.75. The first-order valence-electron chi connectivity index (χ1n) is 4.69. The number of halogens is 1. The van der Waals surface area contributed by atoms with Crippen LogP contribution in [0.2, 0.25) is 0 Å². The van der Waals surface area contributed by atoms with Crippen molar-refractivity contribution in [3.8, 4) is 0 Å². The zero-order valence-electron chi connectivity index (χ0n) is 7.76. The largest absolute Gasteiger partial charge is 0.380 e. The van der Waals surface area contributed by atoms with E-state index in [0.29, 0.717) is 5.92 Å². The SMILES string of the molecule is CC(CCl)CN1CCCOCC1. The molecular formula is C9H18ClNO. The Kier molecular flexibility index (Phi) is 4.96. The maximum absolute atomic E-state index is 5.75. The predicted molar refractivity (Wildman–Crippen MR) is 51.8 cm³/mol. The average molecular weight is 192 g/mol. The van der Waals surface area contributed by atoms with Gasteiger partial charge in [0.2, 0.25) is 0 Å². The molecule has 1 aliphatic rings. The topological polar surface area (TPSA) is 12.5 Å². The molecule has 0 aromatic rings. The van der Waals surface area contributed by atoms with E-state index >= 15 is 0 Å². The van der Waals surface area contributed by atoms with E-state index in [4.69, 9.17) is 16.3 Å². The Bertz CT molecular complexity index is 113. The summed E-state index contributed by atoms with van der Waals surface area (Å²) in [6.07, 6.45) is 1.16. The lowest BCUT2D eigenvalue weighted by Gasteiger charge is -2.21. The fourth-order valence-corrected chi connectivity index (χ4v) is 1.57. The Balaban J connectivity index is 2.20. The highest BCUT2D eigenvalue weighted by Gasteiger charge is 2.11. The fraction of sp³-hybridized carbons (Fsp3) is 1.00. The number of nitrogens with zero attached hydrogens (tertiary/aromatic N) is 1. The Morgan fingerprint density at radius 3 is 3.00 bits per heavy atom. The summed E-state index contributed by atoms with van der Waals surface area (Å²) in [6, 6.07) is 0. The second-order valence-corrected chi connectivity index (χ2v) is 3.83. The molecule has 0 N–H and O–H groups in total. The molecule has 0 radical (unpaired) electrons. The maximum Gasteiger partial charge on any atom is 0.0593 e. The third-order valence-electron chi connectivity index (χ3n) is 2.15. The van der Waals surface area contributed by atoms with Gasteiger partial charge in [-0.15, -0.1) is 11.6 Å². The zero-order valence-corrected chi connectivity index (χ0v) is 8.52. The first-order valence-corrected chi connectivity index (χ1v) is 5.22. The van der Waals surface area contributed by atoms with Crippen LogP contribution >= 0.6 is 11.6 Å². The van der Waals surface area contributed by atoms with Gasteiger partial charge in [0.25, 0.3) is 0 Å². The van der Waals surface area contributed by atoms with Gasteiger partial charge in [-0.3, -0.25) is 0 Å². The summed E-state index contributed by atoms with van der Waals surface area (Å²) in [5.41, 5.74) is 0. The standard InChI is InChI=1S/C9H18ClNO/c1-9(7-10)8-11-3-2-5-12-6-4-11/h9H,2-8H2,1H3. The molecular weight excluding hydrogens is 174 g/mol. The van der Waals surface area contributed by atoms with Gasteiger partial charge in [-0.25, -0.2) is 0 Å². The van der Waals surface area contributed by atoms with Crippen molar-refractivity contribution in [2.45, 2.75) is 13.3 Å². The molecule has 0 bridgehead atoms. The summed E-state index contributed by atoms with van der Waals surface area (Å²) in [6.45, 7) is 7.36. The molecule has 0 saturated carbocycles. The molecule has 0 aromatic heterocycles. The van der Waals surface area contributed by atoms with E-state index in [0.717, 1.165) is 38.6 Å². The van der Waals surface area contributed by atoms with Crippen molar-refractivity contribution < 1.29 is 4.74 Å². The molecule has 1 heterocycles. The minimum Gasteiger partial charge on any atom is -0.380 e. The Morgan fingerprint density at radius 1 is 1.42 bits per heavy atom. The summed E-state index contributed by atoms with van der Waals surface area (Å²) < 4.78 is 5.37. The van der Waals surface area contributed by atoms with Gasteiger partial charge in [-0.2, -0.15) is 0 Å². The third-order valence-corrected chi connectivity index (χ3v) is 2.67. The van der Waals surface area contributed by atoms with Crippen molar-refractivity contribution in [1.82, 2.24) is 4.90 Å². The van der Waals surface area contributed by atoms with E-state index in [2.05, 4.69) is 11.8 Å². The van der Waals surface area contributed by atoms with Crippen LogP contribution in [0.25, 0.3) is 0 Å². The zero-order chi connectivity index (χ0) is 8.81. The van der Waals surface area contributed by atoms with E-state index in [9.17, 15) is 0 Å². The fourth-order valence-electron chi connectivity index (χ4n) is 1.47. The minimum absolute atomic E-state index is 0.602. The average Bonchev–Trinajstić information content (AvgIpc) is 2.33. The summed E-state index contributed by atoms with van der Waals surface area (Å²) in [5.74, 6) is 1.36. The molecule has 1 aliphatic heterocycles. The van der Waals surface area contributed by atoms with E-state index in [1.54, 1.807) is 0 Å². The first kappa shape index (κ1) is 10.3. The number of alkyl halides is 1. The van der Waals surface area contributed by atoms with Gasteiger partial charge in [0.15, 0.2) is 0 Å². The second kappa shape index (κ2) is 5.79. The molecule has 1 atom stereocenters. The molecule has 1 unspecified atom stereocenters. The molecule has 0 aliphatic carbocycles. The first-order chi connectivity index (χ1) is 5.83. The monoisotopic (exact) mass is 191 g/mol. The number of ether oxygens (including phenoxy) is 1. The Hall–Kier alpha value is 0.210. The van der Waals surface area contributed by atoms with Gasteiger partial charge in [0, 0.05) is 32.1 Å². The molecule has 0 spiro atoms. The lowest BCUT2D eigenvalue weighted by atomic mass is 10.2. The molecule has 0 amide bonds. The van der Waals surface area contributed by atoms with Gasteiger partial charge in [0.1, 0.15) is 0 Å². The van der Waals surface area contributed by atoms with Crippen molar-refractivity contribution in [2.24, 2.45) is 5.92 Å². The number of rotatable bonds is 3. The minimum atomic E-state index is 0.602. The lowest BCUT2D eigenvalue weighted by molar-refractivity contribution is 0.139. The van der Waals surface area contributed by atoms with Gasteiger partial charge in [0.05, 0.1) is 6.61 Å². The molecule has 3 heteroatoms. The molecule has 12 heavy (non-hydrogen) atoms. The highest BCUT2D eigenvalue weighted by Crippen LogP contribution is 2.05. The molecule has 1 saturated heterocycles. The Morgan fingerprint density at radius 2 is 2.25 bits per heavy atom. The molecule has 0 aromatic carbocycles. The van der Waals surface area contributed by atoms with Crippen LogP contribution in [0.15, 0.2) is 0 Å². The van der Waals surface area contributed by atoms with Crippen LogP contribution in [0, 0.1) is 5.92 Å².